The third kappa shape index (κ3) is 3.48. The number of nitrogens with one attached hydrogen (secondary N) is 1. The van der Waals surface area contributed by atoms with Crippen LogP contribution in [0.2, 0.25) is 0 Å². The summed E-state index contributed by atoms with van der Waals surface area (Å²) in [5.74, 6) is 0.886. The van der Waals surface area contributed by atoms with Crippen LogP contribution >= 0.6 is 12.2 Å². The van der Waals surface area contributed by atoms with Gasteiger partial charge in [0.1, 0.15) is 5.76 Å². The molecule has 0 aliphatic carbocycles. The average Bonchev–Trinajstić information content (AvgIpc) is 3.41. The minimum atomic E-state index is -0.0428. The summed E-state index contributed by atoms with van der Waals surface area (Å²) in [5, 5.41) is 4.24. The molecule has 0 bridgehead atoms. The zero-order chi connectivity index (χ0) is 22.5. The second-order valence-electron chi connectivity index (χ2n) is 9.15. The topological polar surface area (TPSA) is 44.5 Å². The standard InChI is InChI=1S/C26H28N4OS/c1-17-15-26(2,3)29(4)22-11-10-18(14-20(17)22)24-23(21-9-5-6-12-27-21)28-25(32)30(24)16-19-8-7-13-31-19/h5-15,23-24H,16H2,1-4H3,(H,28,32). The van der Waals surface area contributed by atoms with Gasteiger partial charge < -0.3 is 19.5 Å². The van der Waals surface area contributed by atoms with Crippen molar-refractivity contribution < 1.29 is 4.42 Å². The summed E-state index contributed by atoms with van der Waals surface area (Å²) in [4.78, 5) is 9.20. The summed E-state index contributed by atoms with van der Waals surface area (Å²) in [7, 11) is 2.16. The van der Waals surface area contributed by atoms with Gasteiger partial charge >= 0.3 is 0 Å². The molecule has 0 saturated carbocycles. The first kappa shape index (κ1) is 20.8. The van der Waals surface area contributed by atoms with E-state index in [1.807, 2.05) is 30.5 Å². The molecule has 2 atom stereocenters. The Hall–Kier alpha value is -3.12. The van der Waals surface area contributed by atoms with Gasteiger partial charge in [0.2, 0.25) is 0 Å². The second-order valence-corrected chi connectivity index (χ2v) is 9.54. The van der Waals surface area contributed by atoms with E-state index < -0.39 is 0 Å². The van der Waals surface area contributed by atoms with Crippen LogP contribution in [0.3, 0.4) is 0 Å². The van der Waals surface area contributed by atoms with Crippen molar-refractivity contribution in [3.05, 3.63) is 89.6 Å². The highest BCUT2D eigenvalue weighted by molar-refractivity contribution is 7.80. The van der Waals surface area contributed by atoms with Crippen LogP contribution < -0.4 is 10.2 Å². The number of thiocarbonyl (C=S) groups is 1. The van der Waals surface area contributed by atoms with Crippen molar-refractivity contribution in [1.29, 1.82) is 0 Å². The van der Waals surface area contributed by atoms with E-state index >= 15 is 0 Å². The summed E-state index contributed by atoms with van der Waals surface area (Å²) >= 11 is 5.79. The van der Waals surface area contributed by atoms with Gasteiger partial charge in [-0.05, 0) is 80.5 Å². The number of likely N-dealkylation sites (N-methyl/N-ethyl adjacent to an activating group) is 1. The van der Waals surface area contributed by atoms with Crippen LogP contribution in [0.25, 0.3) is 5.57 Å². The fraction of sp³-hybridized carbons (Fsp3) is 0.308. The van der Waals surface area contributed by atoms with Crippen LogP contribution in [0.5, 0.6) is 0 Å². The normalized spacial score (nSPS) is 21.9. The zero-order valence-corrected chi connectivity index (χ0v) is 19.7. The number of fused-ring (bicyclic) bond motifs is 1. The molecular weight excluding hydrogens is 416 g/mol. The molecule has 2 aliphatic rings. The molecule has 164 valence electrons. The van der Waals surface area contributed by atoms with Crippen molar-refractivity contribution in [2.75, 3.05) is 11.9 Å². The minimum absolute atomic E-state index is 0.000780. The van der Waals surface area contributed by atoms with Crippen molar-refractivity contribution in [2.24, 2.45) is 0 Å². The molecule has 5 nitrogen and oxygen atoms in total. The van der Waals surface area contributed by atoms with Crippen LogP contribution in [-0.2, 0) is 6.54 Å². The molecule has 2 aliphatic heterocycles. The molecule has 4 heterocycles. The van der Waals surface area contributed by atoms with Crippen LogP contribution in [-0.4, -0.2) is 27.6 Å². The van der Waals surface area contributed by atoms with Crippen LogP contribution in [0.1, 0.15) is 55.4 Å². The number of anilines is 1. The first-order valence-electron chi connectivity index (χ1n) is 10.9. The molecule has 3 aromatic rings. The molecule has 1 fully saturated rings. The lowest BCUT2D eigenvalue weighted by Crippen LogP contribution is -2.42. The van der Waals surface area contributed by atoms with E-state index in [2.05, 4.69) is 78.3 Å². The number of hydrogen-bond donors (Lipinski definition) is 1. The van der Waals surface area contributed by atoms with Gasteiger partial charge in [-0.2, -0.15) is 0 Å². The number of hydrogen-bond acceptors (Lipinski definition) is 4. The van der Waals surface area contributed by atoms with E-state index in [-0.39, 0.29) is 17.6 Å². The van der Waals surface area contributed by atoms with Crippen molar-refractivity contribution in [3.8, 4) is 0 Å². The number of aromatic nitrogens is 1. The molecule has 1 N–H and O–H groups in total. The van der Waals surface area contributed by atoms with Gasteiger partial charge in [0.05, 0.1) is 36.1 Å². The fourth-order valence-corrected chi connectivity index (χ4v) is 5.18. The maximum absolute atomic E-state index is 5.79. The SMILES string of the molecule is CC1=CC(C)(C)N(C)c2ccc(C3C(c4ccccn4)NC(=S)N3Cc3ccco3)cc21. The number of pyridine rings is 1. The Bertz CT molecular complexity index is 1170. The third-order valence-corrected chi connectivity index (χ3v) is 7.04. The molecule has 2 aromatic heterocycles. The summed E-state index contributed by atoms with van der Waals surface area (Å²) in [6.45, 7) is 7.29. The van der Waals surface area contributed by atoms with E-state index in [0.29, 0.717) is 11.7 Å². The molecule has 32 heavy (non-hydrogen) atoms. The van der Waals surface area contributed by atoms with Crippen molar-refractivity contribution in [2.45, 2.75) is 44.9 Å². The van der Waals surface area contributed by atoms with E-state index in [1.54, 1.807) is 6.26 Å². The third-order valence-electron chi connectivity index (χ3n) is 6.69. The molecule has 0 spiro atoms. The number of allylic oxidation sites excluding steroid dienone is 1. The van der Waals surface area contributed by atoms with Gasteiger partial charge in [-0.25, -0.2) is 0 Å². The van der Waals surface area contributed by atoms with Crippen molar-refractivity contribution in [1.82, 2.24) is 15.2 Å². The van der Waals surface area contributed by atoms with Crippen LogP contribution in [0.4, 0.5) is 5.69 Å². The summed E-state index contributed by atoms with van der Waals surface area (Å²) in [6.07, 6.45) is 5.88. The highest BCUT2D eigenvalue weighted by Crippen LogP contribution is 2.44. The highest BCUT2D eigenvalue weighted by Gasteiger charge is 2.40. The predicted octanol–water partition coefficient (Wildman–Crippen LogP) is 5.48. The minimum Gasteiger partial charge on any atom is -0.467 e. The Labute approximate surface area is 194 Å². The smallest absolute Gasteiger partial charge is 0.170 e. The van der Waals surface area contributed by atoms with E-state index in [0.717, 1.165) is 11.5 Å². The number of rotatable bonds is 4. The first-order valence-corrected chi connectivity index (χ1v) is 11.3. The zero-order valence-electron chi connectivity index (χ0n) is 18.9. The van der Waals surface area contributed by atoms with Crippen LogP contribution in [0.15, 0.2) is 71.5 Å². The van der Waals surface area contributed by atoms with E-state index in [4.69, 9.17) is 16.6 Å². The molecule has 1 aromatic carbocycles. The van der Waals surface area contributed by atoms with Gasteiger partial charge in [0.15, 0.2) is 5.11 Å². The van der Waals surface area contributed by atoms with Gasteiger partial charge in [0.25, 0.3) is 0 Å². The number of benzene rings is 1. The Morgan fingerprint density at radius 2 is 2.00 bits per heavy atom. The Morgan fingerprint density at radius 3 is 2.72 bits per heavy atom. The van der Waals surface area contributed by atoms with Gasteiger partial charge in [-0.15, -0.1) is 0 Å². The molecule has 0 amide bonds. The lowest BCUT2D eigenvalue weighted by atomic mass is 9.86. The number of nitrogens with zero attached hydrogens (tertiary/aromatic N) is 3. The Morgan fingerprint density at radius 1 is 1.16 bits per heavy atom. The van der Waals surface area contributed by atoms with Crippen molar-refractivity contribution >= 4 is 28.6 Å². The maximum atomic E-state index is 5.79. The highest BCUT2D eigenvalue weighted by atomic mass is 32.1. The van der Waals surface area contributed by atoms with Crippen molar-refractivity contribution in [3.63, 3.8) is 0 Å². The van der Waals surface area contributed by atoms with E-state index in [9.17, 15) is 0 Å². The molecule has 2 unspecified atom stereocenters. The lowest BCUT2D eigenvalue weighted by molar-refractivity contribution is 0.287. The molecule has 1 saturated heterocycles. The summed E-state index contributed by atoms with van der Waals surface area (Å²) in [6, 6.07) is 16.7. The average molecular weight is 445 g/mol. The molecule has 5 rings (SSSR count). The molecule has 0 radical (unpaired) electrons. The largest absolute Gasteiger partial charge is 0.467 e. The van der Waals surface area contributed by atoms with E-state index in [1.165, 1.54) is 22.4 Å². The monoisotopic (exact) mass is 444 g/mol. The fourth-order valence-electron chi connectivity index (χ4n) is 4.87. The Kier molecular flexibility index (Phi) is 5.05. The molecular formula is C26H28N4OS. The van der Waals surface area contributed by atoms with Gasteiger partial charge in [-0.3, -0.25) is 4.98 Å². The molecule has 6 heteroatoms. The summed E-state index contributed by atoms with van der Waals surface area (Å²) in [5.41, 5.74) is 5.98. The van der Waals surface area contributed by atoms with Crippen LogP contribution in [0, 0.1) is 0 Å². The predicted molar refractivity (Wildman–Crippen MR) is 132 cm³/mol. The Balaban J connectivity index is 1.60. The quantitative estimate of drug-likeness (QED) is 0.538. The first-order chi connectivity index (χ1) is 15.3. The van der Waals surface area contributed by atoms with Gasteiger partial charge in [0, 0.05) is 24.5 Å². The maximum Gasteiger partial charge on any atom is 0.170 e. The number of furan rings is 1. The second kappa shape index (κ2) is 7.78. The lowest BCUT2D eigenvalue weighted by Gasteiger charge is -2.41. The van der Waals surface area contributed by atoms with Gasteiger partial charge in [-0.1, -0.05) is 18.2 Å². The summed E-state index contributed by atoms with van der Waals surface area (Å²) < 4.78 is 5.65.